The van der Waals surface area contributed by atoms with Gasteiger partial charge in [0.2, 0.25) is 0 Å². The average molecular weight is 353 g/mol. The lowest BCUT2D eigenvalue weighted by Crippen LogP contribution is -2.18. The van der Waals surface area contributed by atoms with Gasteiger partial charge in [0.05, 0.1) is 0 Å². The van der Waals surface area contributed by atoms with Gasteiger partial charge in [-0.2, -0.15) is 8.78 Å². The number of benzene rings is 1. The Labute approximate surface area is 103 Å². The average Bonchev–Trinajstić information content (AvgIpc) is 2.01. The minimum Gasteiger partial charge on any atom is -0.381 e. The minimum atomic E-state index is -3.25. The lowest BCUT2D eigenvalue weighted by molar-refractivity contribution is -0.0206. The van der Waals surface area contributed by atoms with Crippen molar-refractivity contribution in [3.63, 3.8) is 0 Å². The summed E-state index contributed by atoms with van der Waals surface area (Å²) in [7, 11) is 0. The van der Waals surface area contributed by atoms with E-state index in [9.17, 15) is 13.9 Å². The first-order valence-electron chi connectivity index (χ1n) is 3.52. The number of aliphatic hydroxyl groups excluding tert-OH is 1. The molecule has 14 heavy (non-hydrogen) atoms. The largest absolute Gasteiger partial charge is 0.381 e. The first-order chi connectivity index (χ1) is 6.32. The van der Waals surface area contributed by atoms with Gasteiger partial charge in [-0.1, -0.05) is 29.3 Å². The number of hydrogen-bond donors (Lipinski definition) is 1. The van der Waals surface area contributed by atoms with Gasteiger partial charge < -0.3 is 5.11 Å². The van der Waals surface area contributed by atoms with E-state index in [0.29, 0.717) is 5.02 Å². The molecule has 0 spiro atoms. The topological polar surface area (TPSA) is 20.2 Å². The van der Waals surface area contributed by atoms with Gasteiger partial charge in [-0.3, -0.25) is 0 Å². The standard InChI is InChI=1S/C8H5Cl2F2IO/c9-4-1-2-5(6(10)3-4)7(14)8(11,12)13/h1-3,7,14H. The maximum Gasteiger partial charge on any atom is 0.325 e. The third-order valence-electron chi connectivity index (χ3n) is 1.57. The molecule has 0 aromatic heterocycles. The molecule has 0 aliphatic carbocycles. The highest BCUT2D eigenvalue weighted by Gasteiger charge is 2.37. The van der Waals surface area contributed by atoms with Gasteiger partial charge in [-0.25, -0.2) is 0 Å². The Morgan fingerprint density at radius 1 is 1.36 bits per heavy atom. The quantitative estimate of drug-likeness (QED) is 0.628. The van der Waals surface area contributed by atoms with Gasteiger partial charge in [-0.05, 0) is 12.1 Å². The Morgan fingerprint density at radius 3 is 2.36 bits per heavy atom. The predicted octanol–water partition coefficient (Wildman–Crippen LogP) is 4.05. The van der Waals surface area contributed by atoms with Crippen molar-refractivity contribution in [2.45, 2.75) is 10.0 Å². The second kappa shape index (κ2) is 4.47. The molecule has 1 aromatic carbocycles. The normalized spacial score (nSPS) is 14.1. The van der Waals surface area contributed by atoms with Crippen LogP contribution in [0.3, 0.4) is 0 Å². The molecule has 0 aliphatic heterocycles. The molecule has 1 unspecified atom stereocenters. The molecule has 0 aliphatic rings. The number of halogens is 5. The summed E-state index contributed by atoms with van der Waals surface area (Å²) >= 11 is 12.1. The van der Waals surface area contributed by atoms with Crippen LogP contribution in [0.15, 0.2) is 18.2 Å². The Kier molecular flexibility index (Phi) is 3.96. The first kappa shape index (κ1) is 12.4. The van der Waals surface area contributed by atoms with E-state index in [2.05, 4.69) is 0 Å². The van der Waals surface area contributed by atoms with Crippen molar-refractivity contribution >= 4 is 45.8 Å². The highest BCUT2D eigenvalue weighted by atomic mass is 127. The van der Waals surface area contributed by atoms with Gasteiger partial charge in [-0.15, -0.1) is 0 Å². The van der Waals surface area contributed by atoms with E-state index in [4.69, 9.17) is 23.2 Å². The summed E-state index contributed by atoms with van der Waals surface area (Å²) in [5, 5.41) is 9.61. The van der Waals surface area contributed by atoms with Crippen LogP contribution in [-0.2, 0) is 0 Å². The van der Waals surface area contributed by atoms with Crippen LogP contribution in [-0.4, -0.2) is 9.04 Å². The summed E-state index contributed by atoms with van der Waals surface area (Å²) in [6.45, 7) is 0. The van der Waals surface area contributed by atoms with Gasteiger partial charge in [0, 0.05) is 38.2 Å². The van der Waals surface area contributed by atoms with Crippen LogP contribution < -0.4 is 0 Å². The fourth-order valence-corrected chi connectivity index (χ4v) is 1.75. The second-order valence-corrected chi connectivity index (χ2v) is 4.89. The molecule has 0 bridgehead atoms. The Balaban J connectivity index is 3.08. The lowest BCUT2D eigenvalue weighted by atomic mass is 10.1. The maximum atomic E-state index is 12.7. The van der Waals surface area contributed by atoms with Crippen molar-refractivity contribution in [1.82, 2.24) is 0 Å². The Morgan fingerprint density at radius 2 is 1.93 bits per heavy atom. The molecule has 0 fully saturated rings. The van der Waals surface area contributed by atoms with Crippen LogP contribution >= 0.6 is 45.8 Å². The summed E-state index contributed by atoms with van der Waals surface area (Å²) < 4.78 is 22.2. The fraction of sp³-hybridized carbons (Fsp3) is 0.250. The van der Waals surface area contributed by atoms with Crippen LogP contribution in [0.25, 0.3) is 0 Å². The van der Waals surface area contributed by atoms with Gasteiger partial charge in [0.25, 0.3) is 0 Å². The van der Waals surface area contributed by atoms with Crippen molar-refractivity contribution in [2.24, 2.45) is 0 Å². The first-order valence-corrected chi connectivity index (χ1v) is 5.35. The van der Waals surface area contributed by atoms with Crippen molar-refractivity contribution in [2.75, 3.05) is 0 Å². The molecule has 1 aromatic rings. The van der Waals surface area contributed by atoms with E-state index in [1.165, 1.54) is 18.2 Å². The van der Waals surface area contributed by atoms with E-state index in [0.717, 1.165) is 22.6 Å². The fourth-order valence-electron chi connectivity index (χ4n) is 0.900. The summed E-state index contributed by atoms with van der Waals surface area (Å²) in [4.78, 5) is 0. The van der Waals surface area contributed by atoms with Crippen molar-refractivity contribution in [3.8, 4) is 0 Å². The van der Waals surface area contributed by atoms with Crippen molar-refractivity contribution in [3.05, 3.63) is 33.8 Å². The number of alkyl halides is 3. The number of hydrogen-bond acceptors (Lipinski definition) is 1. The van der Waals surface area contributed by atoms with Crippen LogP contribution in [0.4, 0.5) is 8.78 Å². The van der Waals surface area contributed by atoms with Gasteiger partial charge >= 0.3 is 3.93 Å². The molecule has 6 heteroatoms. The van der Waals surface area contributed by atoms with E-state index in [-0.39, 0.29) is 10.6 Å². The maximum absolute atomic E-state index is 12.7. The Hall–Kier alpha value is 0.350. The van der Waals surface area contributed by atoms with Crippen LogP contribution in [0, 0.1) is 0 Å². The zero-order valence-corrected chi connectivity index (χ0v) is 10.3. The molecule has 0 heterocycles. The second-order valence-electron chi connectivity index (χ2n) is 2.61. The lowest BCUT2D eigenvalue weighted by Gasteiger charge is -2.17. The molecule has 0 amide bonds. The SMILES string of the molecule is OC(c1ccc(Cl)cc1Cl)C(F)(F)I. The van der Waals surface area contributed by atoms with Gasteiger partial charge in [0.1, 0.15) is 0 Å². The molecule has 1 atom stereocenters. The molecule has 78 valence electrons. The zero-order valence-electron chi connectivity index (χ0n) is 6.65. The van der Waals surface area contributed by atoms with E-state index in [1.807, 2.05) is 0 Å². The molecule has 1 nitrogen and oxygen atoms in total. The third-order valence-corrected chi connectivity index (χ3v) is 2.72. The highest BCUT2D eigenvalue weighted by molar-refractivity contribution is 14.1. The Bertz CT molecular complexity index is 341. The smallest absolute Gasteiger partial charge is 0.325 e. The number of aliphatic hydroxyl groups is 1. The van der Waals surface area contributed by atoms with Gasteiger partial charge in [0.15, 0.2) is 6.10 Å². The van der Waals surface area contributed by atoms with Crippen LogP contribution in [0.1, 0.15) is 11.7 Å². The molecule has 0 saturated carbocycles. The third kappa shape index (κ3) is 2.92. The molecule has 0 radical (unpaired) electrons. The monoisotopic (exact) mass is 352 g/mol. The molecule has 1 N–H and O–H groups in total. The predicted molar refractivity (Wildman–Crippen MR) is 60.4 cm³/mol. The van der Waals surface area contributed by atoms with Crippen molar-refractivity contribution < 1.29 is 13.9 Å². The van der Waals surface area contributed by atoms with E-state index < -0.39 is 10.0 Å². The summed E-state index contributed by atoms with van der Waals surface area (Å²) in [6.07, 6.45) is -1.92. The summed E-state index contributed by atoms with van der Waals surface area (Å²) in [5.74, 6) is 0. The van der Waals surface area contributed by atoms with Crippen LogP contribution in [0.5, 0.6) is 0 Å². The highest BCUT2D eigenvalue weighted by Crippen LogP contribution is 2.40. The molecular weight excluding hydrogens is 348 g/mol. The number of rotatable bonds is 2. The molecular formula is C8H5Cl2F2IO. The van der Waals surface area contributed by atoms with Crippen molar-refractivity contribution in [1.29, 1.82) is 0 Å². The van der Waals surface area contributed by atoms with E-state index >= 15 is 0 Å². The van der Waals surface area contributed by atoms with E-state index in [1.54, 1.807) is 0 Å². The molecule has 0 saturated heterocycles. The zero-order chi connectivity index (χ0) is 10.9. The summed E-state index contributed by atoms with van der Waals surface area (Å²) in [5.41, 5.74) is -0.0320. The minimum absolute atomic E-state index is 0.0290. The summed E-state index contributed by atoms with van der Waals surface area (Å²) in [6, 6.07) is 3.99. The van der Waals surface area contributed by atoms with Crippen LogP contribution in [0.2, 0.25) is 10.0 Å². The molecule has 1 rings (SSSR count).